The van der Waals surface area contributed by atoms with Crippen molar-refractivity contribution in [3.63, 3.8) is 0 Å². The Labute approximate surface area is 244 Å². The number of nitrogens with zero attached hydrogens (tertiary/aromatic N) is 3. The number of pyridine rings is 2. The van der Waals surface area contributed by atoms with Gasteiger partial charge in [-0.3, -0.25) is 0 Å². The van der Waals surface area contributed by atoms with Crippen molar-refractivity contribution in [2.45, 2.75) is 39.5 Å². The molecule has 4 nitrogen and oxygen atoms in total. The number of para-hydroxylation sites is 1. The Bertz CT molecular complexity index is 1760. The summed E-state index contributed by atoms with van der Waals surface area (Å²) >= 11 is 0. The van der Waals surface area contributed by atoms with E-state index in [0.717, 1.165) is 33.4 Å². The molecule has 0 aliphatic heterocycles. The van der Waals surface area contributed by atoms with Crippen LogP contribution in [0.25, 0.3) is 38.8 Å². The summed E-state index contributed by atoms with van der Waals surface area (Å²) in [6, 6.07) is 33.7. The molecule has 5 heteroatoms. The number of rotatable bonds is 6. The minimum Gasteiger partial charge on any atom is -0.460 e. The van der Waals surface area contributed by atoms with Gasteiger partial charge in [-0.15, -0.1) is 18.2 Å². The number of hydrogen-bond donors (Lipinski definition) is 0. The van der Waals surface area contributed by atoms with E-state index in [1.807, 2.05) is 48.8 Å². The number of fused-ring (bicyclic) bond motifs is 3. The van der Waals surface area contributed by atoms with Crippen LogP contribution >= 0.6 is 0 Å². The molecular formula is C34H29N3OPt. The SMILES string of the molecule is CC(C)c1cnc(Oc2[c-]c(-c3[c-]c4c(cc3)c3ccccc3n4-c3ccccn3)ccc2)cc1C(C)C.[Pt+2]. The van der Waals surface area contributed by atoms with Gasteiger partial charge in [-0.05, 0) is 52.1 Å². The van der Waals surface area contributed by atoms with Crippen LogP contribution in [-0.4, -0.2) is 14.5 Å². The normalized spacial score (nSPS) is 11.3. The molecule has 0 fully saturated rings. The van der Waals surface area contributed by atoms with Crippen molar-refractivity contribution in [1.82, 2.24) is 14.5 Å². The van der Waals surface area contributed by atoms with Gasteiger partial charge in [0.15, 0.2) is 0 Å². The first-order valence-corrected chi connectivity index (χ1v) is 13.1. The van der Waals surface area contributed by atoms with E-state index in [0.29, 0.717) is 23.5 Å². The average Bonchev–Trinajstić information content (AvgIpc) is 3.27. The zero-order valence-electron chi connectivity index (χ0n) is 22.4. The van der Waals surface area contributed by atoms with Crippen molar-refractivity contribution in [3.05, 3.63) is 115 Å². The van der Waals surface area contributed by atoms with E-state index in [1.54, 1.807) is 0 Å². The van der Waals surface area contributed by atoms with Gasteiger partial charge in [0.25, 0.3) is 0 Å². The maximum Gasteiger partial charge on any atom is 2.00 e. The molecule has 0 amide bonds. The fourth-order valence-corrected chi connectivity index (χ4v) is 5.05. The monoisotopic (exact) mass is 690 g/mol. The van der Waals surface area contributed by atoms with Crippen LogP contribution in [0.5, 0.6) is 11.6 Å². The molecule has 0 aliphatic carbocycles. The number of benzene rings is 3. The number of ether oxygens (including phenoxy) is 1. The smallest absolute Gasteiger partial charge is 0.460 e. The second-order valence-electron chi connectivity index (χ2n) is 10.2. The maximum absolute atomic E-state index is 6.20. The zero-order valence-corrected chi connectivity index (χ0v) is 24.7. The molecular weight excluding hydrogens is 661 g/mol. The molecule has 39 heavy (non-hydrogen) atoms. The van der Waals surface area contributed by atoms with Crippen molar-refractivity contribution in [1.29, 1.82) is 0 Å². The Morgan fingerprint density at radius 1 is 0.718 bits per heavy atom. The van der Waals surface area contributed by atoms with E-state index in [-0.39, 0.29) is 21.1 Å². The van der Waals surface area contributed by atoms with Crippen molar-refractivity contribution in [3.8, 4) is 28.6 Å². The van der Waals surface area contributed by atoms with Gasteiger partial charge in [0.2, 0.25) is 5.88 Å². The van der Waals surface area contributed by atoms with Crippen molar-refractivity contribution < 1.29 is 25.8 Å². The molecule has 3 heterocycles. The molecule has 0 aliphatic rings. The van der Waals surface area contributed by atoms with Gasteiger partial charge < -0.3 is 9.30 Å². The van der Waals surface area contributed by atoms with Crippen LogP contribution in [0.2, 0.25) is 0 Å². The standard InChI is InChI=1S/C34H29N3O.Pt/c1-22(2)29-20-34(36-21-30(29)23(3)4)38-26-11-9-10-24(18-26)25-15-16-28-27-12-5-6-13-31(27)37(32(28)19-25)33-14-7-8-17-35-33;/h5-17,20-23H,1-4H3;/q-2;+2. The zero-order chi connectivity index (χ0) is 26.2. The summed E-state index contributed by atoms with van der Waals surface area (Å²) in [6.07, 6.45) is 3.76. The summed E-state index contributed by atoms with van der Waals surface area (Å²) in [5.41, 5.74) is 6.46. The summed E-state index contributed by atoms with van der Waals surface area (Å²) < 4.78 is 8.37. The molecule has 6 rings (SSSR count). The summed E-state index contributed by atoms with van der Waals surface area (Å²) in [6.45, 7) is 8.80. The van der Waals surface area contributed by atoms with E-state index in [9.17, 15) is 0 Å². The van der Waals surface area contributed by atoms with E-state index >= 15 is 0 Å². The predicted molar refractivity (Wildman–Crippen MR) is 154 cm³/mol. The largest absolute Gasteiger partial charge is 2.00 e. The van der Waals surface area contributed by atoms with Gasteiger partial charge in [-0.25, -0.2) is 21.1 Å². The fourth-order valence-electron chi connectivity index (χ4n) is 5.05. The Morgan fingerprint density at radius 3 is 2.26 bits per heavy atom. The van der Waals surface area contributed by atoms with Crippen LogP contribution in [0, 0.1) is 12.1 Å². The summed E-state index contributed by atoms with van der Waals surface area (Å²) in [5, 5.41) is 2.31. The van der Waals surface area contributed by atoms with Gasteiger partial charge in [0, 0.05) is 29.7 Å². The molecule has 3 aromatic carbocycles. The third kappa shape index (κ3) is 5.14. The predicted octanol–water partition coefficient (Wildman–Crippen LogP) is 8.88. The molecule has 3 aromatic heterocycles. The second kappa shape index (κ2) is 11.2. The van der Waals surface area contributed by atoms with E-state index < -0.39 is 0 Å². The molecule has 0 bridgehead atoms. The molecule has 0 radical (unpaired) electrons. The first kappa shape index (κ1) is 26.8. The third-order valence-corrected chi connectivity index (χ3v) is 6.92. The molecule has 6 aromatic rings. The molecule has 0 N–H and O–H groups in total. The Hall–Kier alpha value is -3.75. The van der Waals surface area contributed by atoms with Crippen LogP contribution in [0.15, 0.2) is 91.3 Å². The van der Waals surface area contributed by atoms with Crippen molar-refractivity contribution >= 4 is 21.8 Å². The van der Waals surface area contributed by atoms with Gasteiger partial charge >= 0.3 is 21.1 Å². The Balaban J connectivity index is 0.00000308. The van der Waals surface area contributed by atoms with Gasteiger partial charge in [-0.2, -0.15) is 24.3 Å². The third-order valence-electron chi connectivity index (χ3n) is 6.92. The molecule has 0 atom stereocenters. The van der Waals surface area contributed by atoms with Crippen molar-refractivity contribution in [2.24, 2.45) is 0 Å². The summed E-state index contributed by atoms with van der Waals surface area (Å²) in [4.78, 5) is 9.22. The van der Waals surface area contributed by atoms with Crippen LogP contribution in [-0.2, 0) is 21.1 Å². The average molecular weight is 691 g/mol. The Morgan fingerprint density at radius 2 is 1.49 bits per heavy atom. The fraction of sp³-hybridized carbons (Fsp3) is 0.176. The van der Waals surface area contributed by atoms with Gasteiger partial charge in [0.05, 0.1) is 0 Å². The summed E-state index contributed by atoms with van der Waals surface area (Å²) in [5.74, 6) is 2.88. The van der Waals surface area contributed by atoms with Crippen LogP contribution in [0.3, 0.4) is 0 Å². The topological polar surface area (TPSA) is 39.9 Å². The second-order valence-corrected chi connectivity index (χ2v) is 10.2. The van der Waals surface area contributed by atoms with Crippen LogP contribution < -0.4 is 4.74 Å². The quantitative estimate of drug-likeness (QED) is 0.164. The first-order chi connectivity index (χ1) is 18.5. The summed E-state index contributed by atoms with van der Waals surface area (Å²) in [7, 11) is 0. The molecule has 0 saturated carbocycles. The molecule has 0 unspecified atom stereocenters. The van der Waals surface area contributed by atoms with E-state index in [4.69, 9.17) is 4.74 Å². The molecule has 196 valence electrons. The molecule has 0 saturated heterocycles. The minimum absolute atomic E-state index is 0. The first-order valence-electron chi connectivity index (χ1n) is 13.1. The maximum atomic E-state index is 6.20. The van der Waals surface area contributed by atoms with Crippen molar-refractivity contribution in [2.75, 3.05) is 0 Å². The van der Waals surface area contributed by atoms with E-state index in [2.05, 4.69) is 96.8 Å². The molecule has 0 spiro atoms. The van der Waals surface area contributed by atoms with Gasteiger partial charge in [0.1, 0.15) is 5.82 Å². The van der Waals surface area contributed by atoms with Crippen LogP contribution in [0.4, 0.5) is 0 Å². The number of hydrogen-bond acceptors (Lipinski definition) is 3. The van der Waals surface area contributed by atoms with E-state index in [1.165, 1.54) is 16.5 Å². The van der Waals surface area contributed by atoms with Gasteiger partial charge in [-0.1, -0.05) is 57.3 Å². The Kier molecular flexibility index (Phi) is 7.68. The van der Waals surface area contributed by atoms with Crippen LogP contribution in [0.1, 0.15) is 50.7 Å². The minimum atomic E-state index is 0. The number of aromatic nitrogens is 3.